The second kappa shape index (κ2) is 10.3. The maximum absolute atomic E-state index is 12.6. The van der Waals surface area contributed by atoms with Crippen molar-refractivity contribution in [3.8, 4) is 11.8 Å². The van der Waals surface area contributed by atoms with E-state index in [-0.39, 0.29) is 24.6 Å². The molecule has 8 nitrogen and oxygen atoms in total. The predicted octanol–water partition coefficient (Wildman–Crippen LogP) is 3.43. The highest BCUT2D eigenvalue weighted by Crippen LogP contribution is 2.29. The van der Waals surface area contributed by atoms with Crippen LogP contribution in [-0.2, 0) is 22.4 Å². The number of carbonyl (C=O) groups excluding carboxylic acids is 1. The number of rotatable bonds is 9. The van der Waals surface area contributed by atoms with Crippen LogP contribution in [0.15, 0.2) is 59.3 Å². The van der Waals surface area contributed by atoms with E-state index >= 15 is 0 Å². The Kier molecular flexibility index (Phi) is 7.24. The van der Waals surface area contributed by atoms with Crippen LogP contribution in [0, 0.1) is 11.3 Å². The first-order valence-corrected chi connectivity index (χ1v) is 10.3. The molecule has 1 amide bonds. The SMILES string of the molecule is CC1=NN(CCCC(=O)O)C(=O)/C1=C\Nc1cccc(CCc2ccccc2C#N)c1O. The Morgan fingerprint density at radius 1 is 1.19 bits per heavy atom. The van der Waals surface area contributed by atoms with E-state index in [9.17, 15) is 20.0 Å². The van der Waals surface area contributed by atoms with Gasteiger partial charge in [0, 0.05) is 19.2 Å². The fourth-order valence-corrected chi connectivity index (χ4v) is 3.45. The van der Waals surface area contributed by atoms with Crippen molar-refractivity contribution >= 4 is 23.3 Å². The van der Waals surface area contributed by atoms with Crippen LogP contribution in [0.5, 0.6) is 5.75 Å². The van der Waals surface area contributed by atoms with Gasteiger partial charge in [-0.15, -0.1) is 0 Å². The minimum Gasteiger partial charge on any atom is -0.505 e. The number of carboxylic acids is 1. The van der Waals surface area contributed by atoms with Gasteiger partial charge in [0.1, 0.15) is 5.75 Å². The molecule has 1 aliphatic heterocycles. The van der Waals surface area contributed by atoms with Gasteiger partial charge in [-0.3, -0.25) is 9.59 Å². The highest BCUT2D eigenvalue weighted by Gasteiger charge is 2.27. The molecule has 0 bridgehead atoms. The molecular weight excluding hydrogens is 408 g/mol. The van der Waals surface area contributed by atoms with Gasteiger partial charge in [0.05, 0.1) is 28.6 Å². The third-order valence-corrected chi connectivity index (χ3v) is 5.18. The lowest BCUT2D eigenvalue weighted by molar-refractivity contribution is -0.137. The van der Waals surface area contributed by atoms with Crippen LogP contribution >= 0.6 is 0 Å². The summed E-state index contributed by atoms with van der Waals surface area (Å²) in [5, 5.41) is 37.1. The number of phenolic OH excluding ortho intramolecular Hbond substituents is 1. The molecule has 1 heterocycles. The zero-order valence-electron chi connectivity index (χ0n) is 17.7. The van der Waals surface area contributed by atoms with Crippen LogP contribution in [0.3, 0.4) is 0 Å². The molecule has 0 aliphatic carbocycles. The zero-order valence-corrected chi connectivity index (χ0v) is 17.7. The van der Waals surface area contributed by atoms with Crippen LogP contribution in [0.2, 0.25) is 0 Å². The third-order valence-electron chi connectivity index (χ3n) is 5.18. The predicted molar refractivity (Wildman–Crippen MR) is 120 cm³/mol. The molecule has 32 heavy (non-hydrogen) atoms. The van der Waals surface area contributed by atoms with Gasteiger partial charge < -0.3 is 15.5 Å². The van der Waals surface area contributed by atoms with E-state index in [1.165, 1.54) is 11.2 Å². The van der Waals surface area contributed by atoms with Crippen molar-refractivity contribution in [2.45, 2.75) is 32.6 Å². The second-order valence-corrected chi connectivity index (χ2v) is 7.40. The third kappa shape index (κ3) is 5.32. The number of aromatic hydroxyl groups is 1. The van der Waals surface area contributed by atoms with Crippen LogP contribution in [0.25, 0.3) is 0 Å². The molecular formula is C24H24N4O4. The molecule has 0 aromatic heterocycles. The molecule has 2 aromatic rings. The van der Waals surface area contributed by atoms with E-state index < -0.39 is 5.97 Å². The smallest absolute Gasteiger partial charge is 0.303 e. The van der Waals surface area contributed by atoms with E-state index in [1.54, 1.807) is 19.1 Å². The summed E-state index contributed by atoms with van der Waals surface area (Å²) in [6, 6.07) is 14.9. The normalized spacial score (nSPS) is 14.4. The largest absolute Gasteiger partial charge is 0.505 e. The number of nitrogens with zero attached hydrogens (tertiary/aromatic N) is 3. The summed E-state index contributed by atoms with van der Waals surface area (Å²) in [7, 11) is 0. The van der Waals surface area contributed by atoms with Crippen LogP contribution < -0.4 is 5.32 Å². The lowest BCUT2D eigenvalue weighted by atomic mass is 9.99. The summed E-state index contributed by atoms with van der Waals surface area (Å²) in [6.07, 6.45) is 2.94. The van der Waals surface area contributed by atoms with Gasteiger partial charge in [0.15, 0.2) is 0 Å². The molecule has 0 saturated heterocycles. The molecule has 164 valence electrons. The van der Waals surface area contributed by atoms with Crippen molar-refractivity contribution < 1.29 is 19.8 Å². The van der Waals surface area contributed by atoms with Crippen LogP contribution in [0.4, 0.5) is 5.69 Å². The minimum absolute atomic E-state index is 0.0326. The average molecular weight is 432 g/mol. The van der Waals surface area contributed by atoms with Gasteiger partial charge >= 0.3 is 5.97 Å². The molecule has 0 unspecified atom stereocenters. The average Bonchev–Trinajstić information content (AvgIpc) is 3.04. The standard InChI is InChI=1S/C24H24N4O4/c1-16-20(24(32)28(27-16)13-5-10-22(29)30)15-26-21-9-4-8-18(23(21)31)12-11-17-6-2-3-7-19(17)14-25/h2-4,6-9,15,26,31H,5,10-13H2,1H3,(H,29,30)/b20-15-. The summed E-state index contributed by atoms with van der Waals surface area (Å²) >= 11 is 0. The minimum atomic E-state index is -0.916. The Morgan fingerprint density at radius 2 is 1.91 bits per heavy atom. The number of carbonyl (C=O) groups is 2. The number of anilines is 1. The van der Waals surface area contributed by atoms with Crippen molar-refractivity contribution in [3.05, 3.63) is 70.9 Å². The first kappa shape index (κ1) is 22.6. The molecule has 3 rings (SSSR count). The zero-order chi connectivity index (χ0) is 23.1. The number of hydrazone groups is 1. The van der Waals surface area contributed by atoms with Gasteiger partial charge in [-0.05, 0) is 49.4 Å². The van der Waals surface area contributed by atoms with Crippen LogP contribution in [-0.4, -0.2) is 39.4 Å². The van der Waals surface area contributed by atoms with Gasteiger partial charge in [-0.1, -0.05) is 30.3 Å². The lowest BCUT2D eigenvalue weighted by Crippen LogP contribution is -2.24. The number of phenols is 1. The number of nitrogens with one attached hydrogen (secondary N) is 1. The Labute approximate surface area is 186 Å². The highest BCUT2D eigenvalue weighted by atomic mass is 16.4. The number of amides is 1. The van der Waals surface area contributed by atoms with E-state index in [2.05, 4.69) is 16.5 Å². The number of aryl methyl sites for hydroxylation is 2. The van der Waals surface area contributed by atoms with Crippen molar-refractivity contribution in [1.29, 1.82) is 5.26 Å². The van der Waals surface area contributed by atoms with Crippen molar-refractivity contribution in [2.24, 2.45) is 5.10 Å². The number of aliphatic carboxylic acids is 1. The van der Waals surface area contributed by atoms with E-state index in [0.29, 0.717) is 41.8 Å². The van der Waals surface area contributed by atoms with Crippen LogP contribution in [0.1, 0.15) is 36.5 Å². The molecule has 2 aromatic carbocycles. The molecule has 0 atom stereocenters. The van der Waals surface area contributed by atoms with Gasteiger partial charge in [-0.2, -0.15) is 10.4 Å². The number of carboxylic acid groups (broad SMARTS) is 1. The maximum Gasteiger partial charge on any atom is 0.303 e. The number of benzene rings is 2. The lowest BCUT2D eigenvalue weighted by Gasteiger charge is -2.12. The van der Waals surface area contributed by atoms with Gasteiger partial charge in [0.25, 0.3) is 5.91 Å². The Morgan fingerprint density at radius 3 is 2.66 bits per heavy atom. The maximum atomic E-state index is 12.6. The van der Waals surface area contributed by atoms with Crippen molar-refractivity contribution in [1.82, 2.24) is 5.01 Å². The Balaban J connectivity index is 1.67. The molecule has 0 radical (unpaired) electrons. The quantitative estimate of drug-likeness (QED) is 0.412. The first-order chi connectivity index (χ1) is 15.4. The summed E-state index contributed by atoms with van der Waals surface area (Å²) < 4.78 is 0. The van der Waals surface area contributed by atoms with Crippen molar-refractivity contribution in [2.75, 3.05) is 11.9 Å². The highest BCUT2D eigenvalue weighted by molar-refractivity contribution is 6.23. The molecule has 8 heteroatoms. The second-order valence-electron chi connectivity index (χ2n) is 7.40. The molecule has 0 spiro atoms. The molecule has 0 fully saturated rings. The monoisotopic (exact) mass is 432 g/mol. The summed E-state index contributed by atoms with van der Waals surface area (Å²) in [5.74, 6) is -1.15. The van der Waals surface area contributed by atoms with Gasteiger partial charge in [0.2, 0.25) is 0 Å². The number of para-hydroxylation sites is 1. The van der Waals surface area contributed by atoms with E-state index in [1.807, 2.05) is 30.3 Å². The summed E-state index contributed by atoms with van der Waals surface area (Å²) in [5.41, 5.74) is 3.58. The number of hydrogen-bond acceptors (Lipinski definition) is 6. The Hall–Kier alpha value is -4.12. The van der Waals surface area contributed by atoms with Gasteiger partial charge in [-0.25, -0.2) is 5.01 Å². The molecule has 3 N–H and O–H groups in total. The summed E-state index contributed by atoms with van der Waals surface area (Å²) in [6.45, 7) is 1.93. The topological polar surface area (TPSA) is 126 Å². The number of hydrogen-bond donors (Lipinski definition) is 3. The van der Waals surface area contributed by atoms with Crippen molar-refractivity contribution in [3.63, 3.8) is 0 Å². The Bertz CT molecular complexity index is 1130. The fourth-order valence-electron chi connectivity index (χ4n) is 3.45. The fraction of sp³-hybridized carbons (Fsp3) is 0.250. The van der Waals surface area contributed by atoms with E-state index in [0.717, 1.165) is 11.1 Å². The molecule has 0 saturated carbocycles. The summed E-state index contributed by atoms with van der Waals surface area (Å²) in [4.78, 5) is 23.2. The number of nitriles is 1. The van der Waals surface area contributed by atoms with E-state index in [4.69, 9.17) is 5.11 Å². The molecule has 1 aliphatic rings. The first-order valence-electron chi connectivity index (χ1n) is 10.3.